The first-order valence-electron chi connectivity index (χ1n) is 22.0. The van der Waals surface area contributed by atoms with E-state index in [4.69, 9.17) is 17.6 Å². The molecule has 3 aromatic heterocycles. The number of hydrogen-bond acceptors (Lipinski definition) is 3. The summed E-state index contributed by atoms with van der Waals surface area (Å²) in [5, 5.41) is 6.23. The number of pyridine rings is 1. The molecule has 5 heteroatoms. The van der Waals surface area contributed by atoms with Gasteiger partial charge in [-0.15, -0.1) is 54.1 Å². The summed E-state index contributed by atoms with van der Waals surface area (Å²) in [6.45, 7) is 3.84. The number of aromatic nitrogens is 3. The largest absolute Gasteiger partial charge is 0.501 e. The predicted molar refractivity (Wildman–Crippen MR) is 234 cm³/mol. The molecule has 0 fully saturated rings. The fraction of sp³-hybridized carbons (Fsp3) is 0.154. The van der Waals surface area contributed by atoms with Gasteiger partial charge in [-0.1, -0.05) is 117 Å². The number of nitrogens with zero attached hydrogens (tertiary/aromatic N) is 3. The molecule has 4 nitrogen and oxygen atoms in total. The van der Waals surface area contributed by atoms with Gasteiger partial charge < -0.3 is 14.0 Å². The first kappa shape index (κ1) is 31.2. The first-order chi connectivity index (χ1) is 29.7. The van der Waals surface area contributed by atoms with Crippen molar-refractivity contribution in [3.63, 3.8) is 0 Å². The molecule has 0 saturated heterocycles. The third kappa shape index (κ3) is 6.86. The Morgan fingerprint density at radius 2 is 1.40 bits per heavy atom. The minimum atomic E-state index is -2.61. The third-order valence-electron chi connectivity index (χ3n) is 10.5. The van der Waals surface area contributed by atoms with Crippen molar-refractivity contribution in [1.29, 1.82) is 0 Å². The number of furan rings is 1. The van der Waals surface area contributed by atoms with Gasteiger partial charge in [0.2, 0.25) is 0 Å². The van der Waals surface area contributed by atoms with E-state index in [-0.39, 0.29) is 31.2 Å². The summed E-state index contributed by atoms with van der Waals surface area (Å²) in [6, 6.07) is 51.1. The van der Waals surface area contributed by atoms with Crippen LogP contribution in [0.25, 0.3) is 82.8 Å². The molecule has 57 heavy (non-hydrogen) atoms. The van der Waals surface area contributed by atoms with Crippen molar-refractivity contribution >= 4 is 54.5 Å². The maximum atomic E-state index is 7.87. The molecule has 0 aliphatic carbocycles. The van der Waals surface area contributed by atoms with Crippen LogP contribution < -0.4 is 0 Å². The maximum Gasteiger partial charge on any atom is 0.121 e. The molecule has 0 aliphatic heterocycles. The van der Waals surface area contributed by atoms with Gasteiger partial charge in [-0.3, -0.25) is 4.98 Å². The van der Waals surface area contributed by atoms with Gasteiger partial charge in [-0.25, -0.2) is 0 Å². The Labute approximate surface area is 356 Å². The summed E-state index contributed by atoms with van der Waals surface area (Å²) in [6.07, 6.45) is 1.12. The molecule has 0 aliphatic rings. The fourth-order valence-electron chi connectivity index (χ4n) is 7.76. The number of rotatable bonds is 5. The second kappa shape index (κ2) is 15.6. The van der Waals surface area contributed by atoms with Crippen LogP contribution in [0.5, 0.6) is 0 Å². The molecule has 0 amide bonds. The Bertz CT molecular complexity index is 3270. The number of para-hydroxylation sites is 3. The molecule has 0 N–H and O–H groups in total. The fourth-order valence-corrected chi connectivity index (χ4v) is 7.76. The molecule has 0 saturated carbocycles. The van der Waals surface area contributed by atoms with Gasteiger partial charge >= 0.3 is 0 Å². The van der Waals surface area contributed by atoms with Gasteiger partial charge in [-0.05, 0) is 93.7 Å². The smallest absolute Gasteiger partial charge is 0.121 e. The van der Waals surface area contributed by atoms with E-state index in [1.807, 2.05) is 42.5 Å². The Morgan fingerprint density at radius 1 is 0.649 bits per heavy atom. The summed E-state index contributed by atoms with van der Waals surface area (Å²) in [5.41, 5.74) is 8.59. The zero-order chi connectivity index (χ0) is 43.5. The zero-order valence-electron chi connectivity index (χ0n) is 38.0. The quantitative estimate of drug-likeness (QED) is 0.128. The third-order valence-corrected chi connectivity index (χ3v) is 10.5. The van der Waals surface area contributed by atoms with Gasteiger partial charge in [0.25, 0.3) is 0 Å². The molecule has 0 spiro atoms. The van der Waals surface area contributed by atoms with Crippen LogP contribution in [0.2, 0.25) is 0 Å². The molecule has 0 bridgehead atoms. The number of aryl methyl sites for hydroxylation is 2. The molecule has 0 unspecified atom stereocenters. The van der Waals surface area contributed by atoms with E-state index in [9.17, 15) is 0 Å². The molecule has 0 atom stereocenters. The molecule has 283 valence electrons. The van der Waals surface area contributed by atoms with Crippen molar-refractivity contribution < 1.29 is 32.7 Å². The molecule has 3 heterocycles. The molecule has 7 aromatic carbocycles. The SMILES string of the molecule is CC(C)c1cccc(C(C)C)c1-n1c(-c2[c-]cccc2)nc2ccccc21.[2H]C([2H])([2H])c1cnc(-c2[c-]ccc3c2oc2cc4ccc5ccccc5c4cc23)cc1C([2H])([2H])[2H].[Ir]. The maximum absolute atomic E-state index is 7.87. The molecular formula is C52H43IrN3O-2. The van der Waals surface area contributed by atoms with E-state index in [1.54, 1.807) is 6.07 Å². The van der Waals surface area contributed by atoms with Crippen molar-refractivity contribution in [3.05, 3.63) is 174 Å². The van der Waals surface area contributed by atoms with Crippen molar-refractivity contribution in [3.8, 4) is 28.3 Å². The Balaban J connectivity index is 0.000000176. The van der Waals surface area contributed by atoms with Gasteiger partial charge in [0.1, 0.15) is 5.58 Å². The van der Waals surface area contributed by atoms with Crippen molar-refractivity contribution in [1.82, 2.24) is 14.5 Å². The van der Waals surface area contributed by atoms with Crippen LogP contribution in [0.3, 0.4) is 0 Å². The predicted octanol–water partition coefficient (Wildman–Crippen LogP) is 14.1. The summed E-state index contributed by atoms with van der Waals surface area (Å²) >= 11 is 0. The first-order valence-corrected chi connectivity index (χ1v) is 19.0. The zero-order valence-corrected chi connectivity index (χ0v) is 34.4. The standard InChI is InChI=1S/C27H18NO.C25H25N2.Ir/c1-16-12-25(28-15-17(16)2)22-9-5-8-21-24-14-23-19(13-26(24)29-27(21)22)11-10-18-6-3-4-7-20(18)23;1-17(2)20-13-10-14-21(18(3)4)24(20)27-23-16-9-8-15-22(23)26-25(27)19-11-6-5-7-12-19;/h3-8,10-15H,1-2H3;5-11,13-18H,1-4H3;/q2*-1;/i1D3,2D3;;. The topological polar surface area (TPSA) is 43.9 Å². The summed E-state index contributed by atoms with van der Waals surface area (Å²) in [7, 11) is 0. The minimum absolute atomic E-state index is 0. The van der Waals surface area contributed by atoms with E-state index in [0.717, 1.165) is 60.9 Å². The van der Waals surface area contributed by atoms with Crippen molar-refractivity contribution in [2.45, 2.75) is 53.2 Å². The van der Waals surface area contributed by atoms with E-state index in [0.29, 0.717) is 34.3 Å². The molecular weight excluding hydrogens is 875 g/mol. The van der Waals surface area contributed by atoms with E-state index < -0.39 is 13.7 Å². The monoisotopic (exact) mass is 924 g/mol. The average molecular weight is 924 g/mol. The minimum Gasteiger partial charge on any atom is -0.501 e. The summed E-state index contributed by atoms with van der Waals surface area (Å²) in [5.74, 6) is 1.80. The normalized spacial score (nSPS) is 13.5. The Hall–Kier alpha value is -5.87. The second-order valence-electron chi connectivity index (χ2n) is 14.8. The van der Waals surface area contributed by atoms with Gasteiger partial charge in [0.05, 0.1) is 22.4 Å². The Morgan fingerprint density at radius 3 is 2.18 bits per heavy atom. The van der Waals surface area contributed by atoms with Crippen LogP contribution in [-0.2, 0) is 20.1 Å². The molecule has 10 rings (SSSR count). The van der Waals surface area contributed by atoms with Crippen LogP contribution in [0.4, 0.5) is 0 Å². The van der Waals surface area contributed by atoms with Gasteiger partial charge in [0.15, 0.2) is 0 Å². The van der Waals surface area contributed by atoms with E-state index in [1.165, 1.54) is 22.9 Å². The van der Waals surface area contributed by atoms with Crippen LogP contribution in [0.1, 0.15) is 70.0 Å². The van der Waals surface area contributed by atoms with Gasteiger partial charge in [0, 0.05) is 45.6 Å². The number of benzene rings is 7. The van der Waals surface area contributed by atoms with Crippen LogP contribution in [0.15, 0.2) is 144 Å². The molecule has 1 radical (unpaired) electrons. The average Bonchev–Trinajstić information content (AvgIpc) is 3.83. The number of fused-ring (bicyclic) bond motifs is 7. The van der Waals surface area contributed by atoms with Crippen LogP contribution in [0, 0.1) is 25.8 Å². The van der Waals surface area contributed by atoms with Gasteiger partial charge in [-0.2, -0.15) is 0 Å². The Kier molecular flexibility index (Phi) is 8.54. The van der Waals surface area contributed by atoms with E-state index in [2.05, 4.69) is 128 Å². The van der Waals surface area contributed by atoms with Crippen molar-refractivity contribution in [2.75, 3.05) is 0 Å². The van der Waals surface area contributed by atoms with Crippen LogP contribution in [-0.4, -0.2) is 14.5 Å². The second-order valence-corrected chi connectivity index (χ2v) is 14.8. The summed E-state index contributed by atoms with van der Waals surface area (Å²) in [4.78, 5) is 9.30. The van der Waals surface area contributed by atoms with Crippen LogP contribution >= 0.6 is 0 Å². The number of hydrogen-bond donors (Lipinski definition) is 0. The molecule has 10 aromatic rings. The summed E-state index contributed by atoms with van der Waals surface area (Å²) < 4.78 is 55.4. The number of imidazole rings is 1. The van der Waals surface area contributed by atoms with Crippen molar-refractivity contribution in [2.24, 2.45) is 0 Å². The van der Waals surface area contributed by atoms with E-state index >= 15 is 0 Å².